The minimum atomic E-state index is -3.66. The Hall–Kier alpha value is -2.57. The van der Waals surface area contributed by atoms with Gasteiger partial charge < -0.3 is 0 Å². The van der Waals surface area contributed by atoms with Crippen LogP contribution in [0.2, 0.25) is 0 Å². The zero-order chi connectivity index (χ0) is 17.7. The van der Waals surface area contributed by atoms with Crippen LogP contribution < -0.4 is 4.72 Å². The van der Waals surface area contributed by atoms with E-state index < -0.39 is 21.9 Å². The SMILES string of the molecule is O=S(=O)(Cc1ccc(F)cc1)N[C@@H](c1ccccc1)c1ccccn1. The third-order valence-corrected chi connectivity index (χ3v) is 4.99. The average Bonchev–Trinajstić information content (AvgIpc) is 2.63. The Morgan fingerprint density at radius 3 is 2.24 bits per heavy atom. The van der Waals surface area contributed by atoms with Gasteiger partial charge in [0.1, 0.15) is 5.82 Å². The lowest BCUT2D eigenvalue weighted by Gasteiger charge is -2.19. The minimum Gasteiger partial charge on any atom is -0.259 e. The third kappa shape index (κ3) is 4.71. The molecule has 0 saturated heterocycles. The molecule has 0 radical (unpaired) electrons. The van der Waals surface area contributed by atoms with Crippen LogP contribution in [0.3, 0.4) is 0 Å². The van der Waals surface area contributed by atoms with Gasteiger partial charge in [-0.15, -0.1) is 0 Å². The summed E-state index contributed by atoms with van der Waals surface area (Å²) in [5.41, 5.74) is 1.92. The van der Waals surface area contributed by atoms with E-state index in [1.54, 1.807) is 18.3 Å². The molecule has 25 heavy (non-hydrogen) atoms. The van der Waals surface area contributed by atoms with E-state index in [0.717, 1.165) is 5.56 Å². The van der Waals surface area contributed by atoms with E-state index in [-0.39, 0.29) is 5.75 Å². The summed E-state index contributed by atoms with van der Waals surface area (Å²) in [5.74, 6) is -0.631. The maximum Gasteiger partial charge on any atom is 0.216 e. The molecule has 0 aliphatic rings. The molecule has 3 aromatic rings. The fourth-order valence-electron chi connectivity index (χ4n) is 2.51. The Kier molecular flexibility index (Phi) is 5.21. The van der Waals surface area contributed by atoms with Crippen molar-refractivity contribution in [1.82, 2.24) is 9.71 Å². The molecule has 0 fully saturated rings. The van der Waals surface area contributed by atoms with E-state index in [0.29, 0.717) is 11.3 Å². The van der Waals surface area contributed by atoms with Gasteiger partial charge in [-0.2, -0.15) is 0 Å². The van der Waals surface area contributed by atoms with Crippen LogP contribution in [0.15, 0.2) is 79.0 Å². The molecular formula is C19H17FN2O2S. The predicted molar refractivity (Wildman–Crippen MR) is 94.7 cm³/mol. The molecule has 0 bridgehead atoms. The Morgan fingerprint density at radius 1 is 0.920 bits per heavy atom. The van der Waals surface area contributed by atoms with Gasteiger partial charge in [0.2, 0.25) is 10.0 Å². The lowest BCUT2D eigenvalue weighted by molar-refractivity contribution is 0.569. The molecule has 0 unspecified atom stereocenters. The fourth-order valence-corrected chi connectivity index (χ4v) is 3.84. The highest BCUT2D eigenvalue weighted by Gasteiger charge is 2.22. The average molecular weight is 356 g/mol. The third-order valence-electron chi connectivity index (χ3n) is 3.68. The molecule has 4 nitrogen and oxygen atoms in total. The van der Waals surface area contributed by atoms with Crippen molar-refractivity contribution >= 4 is 10.0 Å². The molecule has 0 amide bonds. The maximum absolute atomic E-state index is 13.0. The summed E-state index contributed by atoms with van der Waals surface area (Å²) in [6.45, 7) is 0. The van der Waals surface area contributed by atoms with Crippen molar-refractivity contribution in [3.05, 3.63) is 102 Å². The fraction of sp³-hybridized carbons (Fsp3) is 0.105. The molecule has 6 heteroatoms. The first-order valence-corrected chi connectivity index (χ1v) is 9.39. The van der Waals surface area contributed by atoms with Crippen LogP contribution in [-0.2, 0) is 15.8 Å². The van der Waals surface area contributed by atoms with E-state index in [1.807, 2.05) is 36.4 Å². The summed E-state index contributed by atoms with van der Waals surface area (Å²) in [5, 5.41) is 0. The minimum absolute atomic E-state index is 0.233. The standard InChI is InChI=1S/C19H17FN2O2S/c20-17-11-9-15(10-12-17)14-25(23,24)22-19(16-6-2-1-3-7-16)18-8-4-5-13-21-18/h1-13,19,22H,14H2/t19-/m0/s1. The highest BCUT2D eigenvalue weighted by atomic mass is 32.2. The van der Waals surface area contributed by atoms with Crippen molar-refractivity contribution in [2.45, 2.75) is 11.8 Å². The summed E-state index contributed by atoms with van der Waals surface area (Å²) < 4.78 is 40.9. The number of sulfonamides is 1. The largest absolute Gasteiger partial charge is 0.259 e. The van der Waals surface area contributed by atoms with Crippen LogP contribution >= 0.6 is 0 Å². The number of hydrogen-bond donors (Lipinski definition) is 1. The van der Waals surface area contributed by atoms with Gasteiger partial charge in [-0.3, -0.25) is 4.98 Å². The van der Waals surface area contributed by atoms with Gasteiger partial charge in [-0.05, 0) is 35.4 Å². The highest BCUT2D eigenvalue weighted by molar-refractivity contribution is 7.88. The summed E-state index contributed by atoms with van der Waals surface area (Å²) in [6, 6.07) is 19.5. The second kappa shape index (κ2) is 7.55. The zero-order valence-electron chi connectivity index (χ0n) is 13.3. The Morgan fingerprint density at radius 2 is 1.60 bits per heavy atom. The Labute approximate surface area is 146 Å². The molecule has 0 spiro atoms. The van der Waals surface area contributed by atoms with E-state index in [4.69, 9.17) is 0 Å². The second-order valence-electron chi connectivity index (χ2n) is 5.60. The summed E-state index contributed by atoms with van der Waals surface area (Å²) in [7, 11) is -3.66. The molecule has 128 valence electrons. The molecule has 1 atom stereocenters. The molecule has 3 rings (SSSR count). The molecule has 1 heterocycles. The van der Waals surface area contributed by atoms with Crippen LogP contribution in [0, 0.1) is 5.82 Å². The molecule has 1 N–H and O–H groups in total. The smallest absolute Gasteiger partial charge is 0.216 e. The van der Waals surface area contributed by atoms with Crippen molar-refractivity contribution < 1.29 is 12.8 Å². The van der Waals surface area contributed by atoms with Crippen molar-refractivity contribution in [2.24, 2.45) is 0 Å². The number of nitrogens with zero attached hydrogens (tertiary/aromatic N) is 1. The number of pyridine rings is 1. The number of aromatic nitrogens is 1. The van der Waals surface area contributed by atoms with Gasteiger partial charge in [0.15, 0.2) is 0 Å². The summed E-state index contributed by atoms with van der Waals surface area (Å²) in [6.07, 6.45) is 1.62. The van der Waals surface area contributed by atoms with Gasteiger partial charge in [0, 0.05) is 6.20 Å². The molecule has 1 aromatic heterocycles. The maximum atomic E-state index is 13.0. The van der Waals surface area contributed by atoms with Crippen LogP contribution in [0.5, 0.6) is 0 Å². The van der Waals surface area contributed by atoms with Crippen molar-refractivity contribution in [3.8, 4) is 0 Å². The van der Waals surface area contributed by atoms with Crippen LogP contribution in [0.1, 0.15) is 22.9 Å². The lowest BCUT2D eigenvalue weighted by atomic mass is 10.0. The first-order valence-electron chi connectivity index (χ1n) is 7.74. The van der Waals surface area contributed by atoms with Gasteiger partial charge in [0.25, 0.3) is 0 Å². The predicted octanol–water partition coefficient (Wildman–Crippen LogP) is 3.43. The first kappa shape index (κ1) is 17.3. The van der Waals surface area contributed by atoms with Crippen molar-refractivity contribution in [1.29, 1.82) is 0 Å². The van der Waals surface area contributed by atoms with Crippen LogP contribution in [0.25, 0.3) is 0 Å². The summed E-state index contributed by atoms with van der Waals surface area (Å²) in [4.78, 5) is 4.28. The zero-order valence-corrected chi connectivity index (χ0v) is 14.2. The number of halogens is 1. The monoisotopic (exact) mass is 356 g/mol. The highest BCUT2D eigenvalue weighted by Crippen LogP contribution is 2.22. The quantitative estimate of drug-likeness (QED) is 0.736. The van der Waals surface area contributed by atoms with Crippen molar-refractivity contribution in [3.63, 3.8) is 0 Å². The Bertz CT molecular complexity index is 875. The number of hydrogen-bond acceptors (Lipinski definition) is 3. The molecule has 0 aliphatic carbocycles. The van der Waals surface area contributed by atoms with E-state index in [2.05, 4.69) is 9.71 Å². The molecule has 0 saturated carbocycles. The van der Waals surface area contributed by atoms with E-state index in [9.17, 15) is 12.8 Å². The lowest BCUT2D eigenvalue weighted by Crippen LogP contribution is -2.31. The van der Waals surface area contributed by atoms with Crippen LogP contribution in [0.4, 0.5) is 4.39 Å². The normalized spacial score (nSPS) is 12.7. The van der Waals surface area contributed by atoms with Gasteiger partial charge >= 0.3 is 0 Å². The molecular weight excluding hydrogens is 339 g/mol. The van der Waals surface area contributed by atoms with Gasteiger partial charge in [-0.25, -0.2) is 17.5 Å². The first-order chi connectivity index (χ1) is 12.0. The number of nitrogens with one attached hydrogen (secondary N) is 1. The number of benzene rings is 2. The summed E-state index contributed by atoms with van der Waals surface area (Å²) >= 11 is 0. The van der Waals surface area contributed by atoms with E-state index in [1.165, 1.54) is 24.3 Å². The van der Waals surface area contributed by atoms with Crippen molar-refractivity contribution in [2.75, 3.05) is 0 Å². The molecule has 2 aromatic carbocycles. The number of rotatable bonds is 6. The second-order valence-corrected chi connectivity index (χ2v) is 7.36. The topological polar surface area (TPSA) is 59.1 Å². The molecule has 0 aliphatic heterocycles. The van der Waals surface area contributed by atoms with Crippen LogP contribution in [-0.4, -0.2) is 13.4 Å². The Balaban J connectivity index is 1.88. The van der Waals surface area contributed by atoms with E-state index >= 15 is 0 Å². The van der Waals surface area contributed by atoms with Gasteiger partial charge in [-0.1, -0.05) is 48.5 Å². The van der Waals surface area contributed by atoms with Gasteiger partial charge in [0.05, 0.1) is 17.5 Å².